The number of tetrazole rings is 1. The molecule has 0 bridgehead atoms. The van der Waals surface area contributed by atoms with E-state index in [4.69, 9.17) is 0 Å². The fourth-order valence-corrected chi connectivity index (χ4v) is 0.925. The molecular formula is C5H10N4S. The summed E-state index contributed by atoms with van der Waals surface area (Å²) in [6, 6.07) is 0. The molecule has 1 aromatic heterocycles. The lowest BCUT2D eigenvalue weighted by Gasteiger charge is -2.01. The molecule has 0 radical (unpaired) electrons. The van der Waals surface area contributed by atoms with Crippen LogP contribution in [0, 0.1) is 0 Å². The minimum atomic E-state index is 0.567. The number of rotatable bonds is 3. The molecule has 1 N–H and O–H groups in total. The van der Waals surface area contributed by atoms with Crippen molar-refractivity contribution in [1.29, 1.82) is 0 Å². The summed E-state index contributed by atoms with van der Waals surface area (Å²) in [6.45, 7) is 2.14. The average molecular weight is 158 g/mol. The molecule has 0 spiro atoms. The molecular weight excluding hydrogens is 148 g/mol. The lowest BCUT2D eigenvalue weighted by molar-refractivity contribution is 0.856. The van der Waals surface area contributed by atoms with Crippen LogP contribution in [0.1, 0.15) is 12.7 Å². The first-order chi connectivity index (χ1) is 4.83. The Morgan fingerprint density at radius 2 is 2.50 bits per heavy atom. The van der Waals surface area contributed by atoms with Gasteiger partial charge >= 0.3 is 0 Å². The van der Waals surface area contributed by atoms with E-state index < -0.39 is 0 Å². The van der Waals surface area contributed by atoms with Crippen LogP contribution in [0.15, 0.2) is 0 Å². The van der Waals surface area contributed by atoms with E-state index in [-0.39, 0.29) is 0 Å². The first kappa shape index (κ1) is 7.53. The van der Waals surface area contributed by atoms with Gasteiger partial charge in [-0.2, -0.15) is 17.0 Å². The normalized spacial score (nSPS) is 13.4. The van der Waals surface area contributed by atoms with Gasteiger partial charge in [-0.05, 0) is 6.26 Å². The fourth-order valence-electron chi connectivity index (χ4n) is 0.609. The molecule has 0 saturated carbocycles. The van der Waals surface area contributed by atoms with Crippen molar-refractivity contribution in [2.75, 3.05) is 6.26 Å². The van der Waals surface area contributed by atoms with Gasteiger partial charge in [0.15, 0.2) is 5.82 Å². The second-order valence-electron chi connectivity index (χ2n) is 2.08. The number of nitrogens with zero attached hydrogens (tertiary/aromatic N) is 3. The number of nitrogens with one attached hydrogen (secondary N) is 1. The second-order valence-corrected chi connectivity index (χ2v) is 3.35. The maximum atomic E-state index is 3.84. The number of H-pyrrole nitrogens is 1. The van der Waals surface area contributed by atoms with Crippen LogP contribution in [-0.2, 0) is 6.42 Å². The van der Waals surface area contributed by atoms with Gasteiger partial charge in [0.2, 0.25) is 0 Å². The highest BCUT2D eigenvalue weighted by atomic mass is 32.2. The zero-order valence-electron chi connectivity index (χ0n) is 6.03. The van der Waals surface area contributed by atoms with Gasteiger partial charge < -0.3 is 0 Å². The first-order valence-corrected chi connectivity index (χ1v) is 4.37. The highest BCUT2D eigenvalue weighted by Crippen LogP contribution is 2.08. The first-order valence-electron chi connectivity index (χ1n) is 3.08. The molecule has 1 unspecified atom stereocenters. The van der Waals surface area contributed by atoms with E-state index in [1.807, 2.05) is 0 Å². The maximum Gasteiger partial charge on any atom is 0.175 e. The van der Waals surface area contributed by atoms with Crippen molar-refractivity contribution >= 4 is 11.8 Å². The van der Waals surface area contributed by atoms with Gasteiger partial charge in [-0.15, -0.1) is 10.2 Å². The molecule has 5 heteroatoms. The molecule has 1 atom stereocenters. The minimum Gasteiger partial charge on any atom is -0.177 e. The van der Waals surface area contributed by atoms with E-state index in [0.29, 0.717) is 5.25 Å². The summed E-state index contributed by atoms with van der Waals surface area (Å²) in [5, 5.41) is 14.1. The van der Waals surface area contributed by atoms with Crippen LogP contribution < -0.4 is 0 Å². The van der Waals surface area contributed by atoms with Crippen LogP contribution in [0.4, 0.5) is 0 Å². The molecule has 1 heterocycles. The van der Waals surface area contributed by atoms with Crippen LogP contribution in [0.5, 0.6) is 0 Å². The van der Waals surface area contributed by atoms with Gasteiger partial charge in [0.25, 0.3) is 0 Å². The molecule has 0 aliphatic heterocycles. The Morgan fingerprint density at radius 1 is 1.70 bits per heavy atom. The van der Waals surface area contributed by atoms with E-state index in [0.717, 1.165) is 12.2 Å². The summed E-state index contributed by atoms with van der Waals surface area (Å²) in [4.78, 5) is 0. The van der Waals surface area contributed by atoms with Crippen molar-refractivity contribution in [2.24, 2.45) is 0 Å². The summed E-state index contributed by atoms with van der Waals surface area (Å²) in [5.41, 5.74) is 0. The van der Waals surface area contributed by atoms with Crippen molar-refractivity contribution in [3.63, 3.8) is 0 Å². The largest absolute Gasteiger partial charge is 0.177 e. The zero-order valence-corrected chi connectivity index (χ0v) is 6.85. The van der Waals surface area contributed by atoms with Gasteiger partial charge in [0.05, 0.1) is 0 Å². The number of aromatic nitrogens is 4. The molecule has 0 fully saturated rings. The number of thioether (sulfide) groups is 1. The van der Waals surface area contributed by atoms with Crippen molar-refractivity contribution in [3.05, 3.63) is 5.82 Å². The third-order valence-electron chi connectivity index (χ3n) is 1.26. The van der Waals surface area contributed by atoms with Crippen LogP contribution in [0.3, 0.4) is 0 Å². The predicted molar refractivity (Wildman–Crippen MR) is 40.9 cm³/mol. The van der Waals surface area contributed by atoms with Gasteiger partial charge in [0, 0.05) is 11.7 Å². The van der Waals surface area contributed by atoms with Crippen LogP contribution >= 0.6 is 11.8 Å². The smallest absolute Gasteiger partial charge is 0.175 e. The highest BCUT2D eigenvalue weighted by Gasteiger charge is 2.03. The third kappa shape index (κ3) is 1.98. The third-order valence-corrected chi connectivity index (χ3v) is 2.23. The Bertz CT molecular complexity index is 174. The summed E-state index contributed by atoms with van der Waals surface area (Å²) in [5.74, 6) is 0.793. The fraction of sp³-hybridized carbons (Fsp3) is 0.800. The molecule has 10 heavy (non-hydrogen) atoms. The standard InChI is InChI=1S/C5H10N4S/c1-4(10-2)3-5-6-8-9-7-5/h4H,3H2,1-2H3,(H,6,7,8,9). The van der Waals surface area contributed by atoms with Crippen molar-refractivity contribution in [2.45, 2.75) is 18.6 Å². The van der Waals surface area contributed by atoms with Gasteiger partial charge in [0.1, 0.15) is 0 Å². The molecule has 0 aromatic carbocycles. The minimum absolute atomic E-state index is 0.567. The topological polar surface area (TPSA) is 54.5 Å². The summed E-state index contributed by atoms with van der Waals surface area (Å²) in [6.07, 6.45) is 2.96. The zero-order chi connectivity index (χ0) is 7.40. The van der Waals surface area contributed by atoms with Gasteiger partial charge in [-0.25, -0.2) is 0 Å². The summed E-state index contributed by atoms with van der Waals surface area (Å²) >= 11 is 1.80. The number of aromatic amines is 1. The van der Waals surface area contributed by atoms with Crippen LogP contribution in [0.2, 0.25) is 0 Å². The van der Waals surface area contributed by atoms with Crippen LogP contribution in [0.25, 0.3) is 0 Å². The lowest BCUT2D eigenvalue weighted by atomic mass is 10.3. The molecule has 1 rings (SSSR count). The average Bonchev–Trinajstić information content (AvgIpc) is 2.40. The Kier molecular flexibility index (Phi) is 2.68. The maximum absolute atomic E-state index is 3.84. The summed E-state index contributed by atoms with van der Waals surface area (Å²) < 4.78 is 0. The molecule has 0 aliphatic carbocycles. The van der Waals surface area contributed by atoms with Crippen molar-refractivity contribution < 1.29 is 0 Å². The Morgan fingerprint density at radius 3 is 3.00 bits per heavy atom. The molecule has 0 saturated heterocycles. The number of hydrogen-bond acceptors (Lipinski definition) is 4. The van der Waals surface area contributed by atoms with E-state index in [1.165, 1.54) is 0 Å². The van der Waals surface area contributed by atoms with E-state index in [9.17, 15) is 0 Å². The van der Waals surface area contributed by atoms with E-state index >= 15 is 0 Å². The Hall–Kier alpha value is -0.580. The molecule has 56 valence electrons. The SMILES string of the molecule is CSC(C)Cc1nn[nH]n1. The Balaban J connectivity index is 2.40. The molecule has 0 aliphatic rings. The molecule has 1 aromatic rings. The van der Waals surface area contributed by atoms with Crippen LogP contribution in [-0.4, -0.2) is 32.1 Å². The van der Waals surface area contributed by atoms with Gasteiger partial charge in [-0.3, -0.25) is 0 Å². The van der Waals surface area contributed by atoms with E-state index in [2.05, 4.69) is 33.8 Å². The predicted octanol–water partition coefficient (Wildman–Crippen LogP) is 0.494. The summed E-state index contributed by atoms with van der Waals surface area (Å²) in [7, 11) is 0. The van der Waals surface area contributed by atoms with Crippen molar-refractivity contribution in [1.82, 2.24) is 20.6 Å². The van der Waals surface area contributed by atoms with Crippen molar-refractivity contribution in [3.8, 4) is 0 Å². The molecule has 4 nitrogen and oxygen atoms in total. The molecule has 0 amide bonds. The monoisotopic (exact) mass is 158 g/mol. The quantitative estimate of drug-likeness (QED) is 0.695. The second kappa shape index (κ2) is 3.55. The number of hydrogen-bond donors (Lipinski definition) is 1. The highest BCUT2D eigenvalue weighted by molar-refractivity contribution is 7.99. The lowest BCUT2D eigenvalue weighted by Crippen LogP contribution is -2.02. The van der Waals surface area contributed by atoms with Gasteiger partial charge in [-0.1, -0.05) is 12.1 Å². The van der Waals surface area contributed by atoms with E-state index in [1.54, 1.807) is 11.8 Å². The Labute approximate surface area is 63.8 Å².